The van der Waals surface area contributed by atoms with Gasteiger partial charge in [0.1, 0.15) is 17.2 Å². The predicted molar refractivity (Wildman–Crippen MR) is 116 cm³/mol. The number of thioether (sulfide) groups is 1. The molecule has 0 aliphatic heterocycles. The lowest BCUT2D eigenvalue weighted by atomic mass is 10.2. The van der Waals surface area contributed by atoms with Crippen LogP contribution in [-0.2, 0) is 5.75 Å². The van der Waals surface area contributed by atoms with Gasteiger partial charge in [-0.05, 0) is 29.8 Å². The molecule has 0 radical (unpaired) electrons. The second-order valence-electron chi connectivity index (χ2n) is 6.02. The number of hydrogen-bond donors (Lipinski definition) is 0. The van der Waals surface area contributed by atoms with Crippen LogP contribution in [0, 0.1) is 5.82 Å². The fraction of sp³-hybridized carbons (Fsp3) is 0.0500. The summed E-state index contributed by atoms with van der Waals surface area (Å²) in [5, 5.41) is 3.75. The Morgan fingerprint density at radius 1 is 1.00 bits per heavy atom. The summed E-state index contributed by atoms with van der Waals surface area (Å²) in [5.74, 6) is 1.09. The lowest BCUT2D eigenvalue weighted by Crippen LogP contribution is -1.88. The van der Waals surface area contributed by atoms with E-state index in [-0.39, 0.29) is 5.82 Å². The van der Waals surface area contributed by atoms with Gasteiger partial charge in [0, 0.05) is 28.4 Å². The minimum atomic E-state index is -0.241. The molecule has 0 bridgehead atoms. The Kier molecular flexibility index (Phi) is 5.01. The largest absolute Gasteiger partial charge is 0.237 e. The van der Waals surface area contributed by atoms with Gasteiger partial charge in [-0.15, -0.1) is 22.7 Å². The van der Waals surface area contributed by atoms with Crippen LogP contribution >= 0.6 is 34.4 Å². The standard InChI is InChI=1S/C20H12FN5S3/c21-13-4-2-12(3-5-13)16-8-15-17(29-16)19(25-11-24-15)27-9-14-10-28-20(26-14)18-22-6-1-7-23-18/h1-8,10-11H,9H2. The van der Waals surface area contributed by atoms with Crippen LogP contribution in [0.5, 0.6) is 0 Å². The molecular formula is C20H12FN5S3. The fourth-order valence-corrected chi connectivity index (χ4v) is 5.68. The van der Waals surface area contributed by atoms with Gasteiger partial charge in [0.25, 0.3) is 0 Å². The van der Waals surface area contributed by atoms with Gasteiger partial charge in [0.2, 0.25) is 0 Å². The molecule has 4 aromatic heterocycles. The summed E-state index contributed by atoms with van der Waals surface area (Å²) >= 11 is 4.77. The molecule has 5 rings (SSSR count). The topological polar surface area (TPSA) is 64.5 Å². The molecule has 9 heteroatoms. The summed E-state index contributed by atoms with van der Waals surface area (Å²) in [6, 6.07) is 10.3. The minimum absolute atomic E-state index is 0.241. The van der Waals surface area contributed by atoms with Crippen LogP contribution in [0.1, 0.15) is 5.69 Å². The van der Waals surface area contributed by atoms with Crippen LogP contribution in [0.15, 0.2) is 65.5 Å². The second kappa shape index (κ2) is 7.94. The summed E-state index contributed by atoms with van der Waals surface area (Å²) in [6.45, 7) is 0. The van der Waals surface area contributed by atoms with E-state index in [1.165, 1.54) is 23.5 Å². The molecule has 0 spiro atoms. The van der Waals surface area contributed by atoms with Gasteiger partial charge < -0.3 is 0 Å². The highest BCUT2D eigenvalue weighted by atomic mass is 32.2. The third-order valence-corrected chi connectivity index (χ3v) is 7.29. The Bertz CT molecular complexity index is 1270. The van der Waals surface area contributed by atoms with E-state index in [0.717, 1.165) is 36.4 Å². The van der Waals surface area contributed by atoms with Crippen molar-refractivity contribution in [1.29, 1.82) is 0 Å². The van der Waals surface area contributed by atoms with Crippen molar-refractivity contribution < 1.29 is 4.39 Å². The van der Waals surface area contributed by atoms with E-state index in [4.69, 9.17) is 0 Å². The van der Waals surface area contributed by atoms with Crippen LogP contribution < -0.4 is 0 Å². The van der Waals surface area contributed by atoms with Crippen molar-refractivity contribution in [3.05, 3.63) is 72.0 Å². The average molecular weight is 438 g/mol. The number of hydrogen-bond acceptors (Lipinski definition) is 8. The highest BCUT2D eigenvalue weighted by Crippen LogP contribution is 2.38. The summed E-state index contributed by atoms with van der Waals surface area (Å²) in [5.41, 5.74) is 2.82. The van der Waals surface area contributed by atoms with E-state index in [1.54, 1.807) is 60.0 Å². The maximum absolute atomic E-state index is 13.2. The molecule has 0 N–H and O–H groups in total. The van der Waals surface area contributed by atoms with Crippen LogP contribution in [0.3, 0.4) is 0 Å². The summed E-state index contributed by atoms with van der Waals surface area (Å²) in [4.78, 5) is 23.0. The number of nitrogens with zero attached hydrogens (tertiary/aromatic N) is 5. The summed E-state index contributed by atoms with van der Waals surface area (Å²) in [6.07, 6.45) is 5.01. The molecule has 0 atom stereocenters. The number of fused-ring (bicyclic) bond motifs is 1. The number of thiophene rings is 1. The normalized spacial score (nSPS) is 11.2. The zero-order chi connectivity index (χ0) is 19.6. The summed E-state index contributed by atoms with van der Waals surface area (Å²) in [7, 11) is 0. The Labute approximate surface area is 177 Å². The van der Waals surface area contributed by atoms with Gasteiger partial charge in [-0.25, -0.2) is 29.3 Å². The van der Waals surface area contributed by atoms with Crippen molar-refractivity contribution in [3.63, 3.8) is 0 Å². The van der Waals surface area contributed by atoms with E-state index in [1.807, 2.05) is 11.4 Å². The molecule has 4 heterocycles. The number of rotatable bonds is 5. The van der Waals surface area contributed by atoms with Gasteiger partial charge in [-0.1, -0.05) is 23.9 Å². The highest BCUT2D eigenvalue weighted by Gasteiger charge is 2.13. The molecule has 1 aromatic carbocycles. The van der Waals surface area contributed by atoms with Crippen molar-refractivity contribution in [2.45, 2.75) is 10.8 Å². The molecule has 5 nitrogen and oxygen atoms in total. The van der Waals surface area contributed by atoms with E-state index >= 15 is 0 Å². The monoisotopic (exact) mass is 437 g/mol. The van der Waals surface area contributed by atoms with E-state index in [9.17, 15) is 4.39 Å². The lowest BCUT2D eigenvalue weighted by molar-refractivity contribution is 0.628. The van der Waals surface area contributed by atoms with Crippen molar-refractivity contribution in [2.75, 3.05) is 0 Å². The van der Waals surface area contributed by atoms with Crippen LogP contribution in [-0.4, -0.2) is 24.9 Å². The van der Waals surface area contributed by atoms with Crippen molar-refractivity contribution in [2.24, 2.45) is 0 Å². The first-order valence-corrected chi connectivity index (χ1v) is 11.3. The Hall–Kier alpha value is -2.75. The van der Waals surface area contributed by atoms with Crippen LogP contribution in [0.25, 0.3) is 31.5 Å². The number of thiazole rings is 1. The maximum atomic E-state index is 13.2. The third kappa shape index (κ3) is 3.89. The molecule has 0 saturated heterocycles. The SMILES string of the molecule is Fc1ccc(-c2cc3ncnc(SCc4csc(-c5ncccn5)n4)c3s2)cc1. The van der Waals surface area contributed by atoms with Crippen molar-refractivity contribution in [3.8, 4) is 21.3 Å². The molecule has 0 aliphatic rings. The Morgan fingerprint density at radius 2 is 1.83 bits per heavy atom. The van der Waals surface area contributed by atoms with Gasteiger partial charge in [-0.2, -0.15) is 0 Å². The lowest BCUT2D eigenvalue weighted by Gasteiger charge is -1.99. The molecule has 29 heavy (non-hydrogen) atoms. The molecule has 0 fully saturated rings. The molecule has 0 aliphatic carbocycles. The molecule has 0 saturated carbocycles. The van der Waals surface area contributed by atoms with Crippen molar-refractivity contribution in [1.82, 2.24) is 24.9 Å². The van der Waals surface area contributed by atoms with E-state index in [2.05, 4.69) is 24.9 Å². The maximum Gasteiger partial charge on any atom is 0.188 e. The van der Waals surface area contributed by atoms with Gasteiger partial charge >= 0.3 is 0 Å². The predicted octanol–water partition coefficient (Wildman–Crippen LogP) is 5.70. The first kappa shape index (κ1) is 18.3. The highest BCUT2D eigenvalue weighted by molar-refractivity contribution is 7.98. The third-order valence-electron chi connectivity index (χ3n) is 4.07. The number of benzene rings is 1. The zero-order valence-corrected chi connectivity index (χ0v) is 17.3. The average Bonchev–Trinajstić information content (AvgIpc) is 3.41. The zero-order valence-electron chi connectivity index (χ0n) is 14.8. The molecular weight excluding hydrogens is 425 g/mol. The van der Waals surface area contributed by atoms with Crippen LogP contribution in [0.2, 0.25) is 0 Å². The minimum Gasteiger partial charge on any atom is -0.237 e. The second-order valence-corrected chi connectivity index (χ2v) is 8.89. The fourth-order valence-electron chi connectivity index (χ4n) is 2.72. The van der Waals surface area contributed by atoms with Crippen LogP contribution in [0.4, 0.5) is 4.39 Å². The first-order valence-electron chi connectivity index (χ1n) is 8.61. The van der Waals surface area contributed by atoms with Gasteiger partial charge in [-0.3, -0.25) is 0 Å². The van der Waals surface area contributed by atoms with Crippen molar-refractivity contribution >= 4 is 44.7 Å². The summed E-state index contributed by atoms with van der Waals surface area (Å²) < 4.78 is 14.2. The Morgan fingerprint density at radius 3 is 2.66 bits per heavy atom. The Balaban J connectivity index is 1.38. The number of aromatic nitrogens is 5. The quantitative estimate of drug-likeness (QED) is 0.259. The van der Waals surface area contributed by atoms with E-state index in [0.29, 0.717) is 11.6 Å². The first-order chi connectivity index (χ1) is 14.3. The smallest absolute Gasteiger partial charge is 0.188 e. The molecule has 0 amide bonds. The van der Waals surface area contributed by atoms with Gasteiger partial charge in [0.15, 0.2) is 10.8 Å². The molecule has 5 aromatic rings. The molecule has 142 valence electrons. The van der Waals surface area contributed by atoms with Gasteiger partial charge in [0.05, 0.1) is 15.9 Å². The van der Waals surface area contributed by atoms with E-state index < -0.39 is 0 Å². The number of halogens is 1. The molecule has 0 unspecified atom stereocenters.